The van der Waals surface area contributed by atoms with Gasteiger partial charge in [0.15, 0.2) is 0 Å². The molecule has 0 heterocycles. The number of hydrogen-bond acceptors (Lipinski definition) is 0. The molecule has 0 aliphatic heterocycles. The first-order chi connectivity index (χ1) is 13.8. The summed E-state index contributed by atoms with van der Waals surface area (Å²) >= 11 is 0. The van der Waals surface area contributed by atoms with Crippen LogP contribution in [0.4, 0.5) is 0 Å². The van der Waals surface area contributed by atoms with Crippen LogP contribution in [-0.4, -0.2) is 24.2 Å². The molecular weight excluding hydrogens is 409 g/mol. The second-order valence-electron chi connectivity index (χ2n) is 11.0. The molecule has 0 radical (unpaired) electrons. The first-order valence-corrected chi connectivity index (χ1v) is 21.5. The van der Waals surface area contributed by atoms with Crippen molar-refractivity contribution in [3.05, 3.63) is 91.0 Å². The van der Waals surface area contributed by atoms with Crippen LogP contribution in [0.15, 0.2) is 91.0 Å². The molecule has 0 unspecified atom stereocenters. The Morgan fingerprint density at radius 1 is 0.367 bits per heavy atom. The van der Waals surface area contributed by atoms with Crippen LogP contribution in [0.2, 0.25) is 58.9 Å². The van der Waals surface area contributed by atoms with E-state index in [0.717, 1.165) is 0 Å². The van der Waals surface area contributed by atoms with Crippen molar-refractivity contribution in [3.8, 4) is 0 Å². The Hall–Kier alpha value is -1.69. The van der Waals surface area contributed by atoms with Gasteiger partial charge in [0.1, 0.15) is 8.07 Å². The molecule has 3 aromatic rings. The van der Waals surface area contributed by atoms with E-state index >= 15 is 0 Å². The Labute approximate surface area is 189 Å². The molecule has 0 aliphatic rings. The van der Waals surface area contributed by atoms with Crippen LogP contribution in [0.1, 0.15) is 0 Å². The summed E-state index contributed by atoms with van der Waals surface area (Å²) in [4.78, 5) is 0. The summed E-state index contributed by atoms with van der Waals surface area (Å²) < 4.78 is 0. The molecular formula is C27H42Si3. The van der Waals surface area contributed by atoms with Gasteiger partial charge in [0.25, 0.3) is 0 Å². The predicted octanol–water partition coefficient (Wildman–Crippen LogP) is 6.70. The molecule has 0 amide bonds. The van der Waals surface area contributed by atoms with Crippen LogP contribution >= 0.6 is 0 Å². The minimum absolute atomic E-state index is 0.611. The van der Waals surface area contributed by atoms with Gasteiger partial charge >= 0.3 is 0 Å². The minimum Gasteiger partial charge on any atom is -0.0697 e. The Kier molecular flexibility index (Phi) is 10.2. The van der Waals surface area contributed by atoms with Gasteiger partial charge in [-0.2, -0.15) is 0 Å². The van der Waals surface area contributed by atoms with Crippen molar-refractivity contribution in [2.75, 3.05) is 0 Å². The van der Waals surface area contributed by atoms with Crippen molar-refractivity contribution in [3.63, 3.8) is 0 Å². The fourth-order valence-corrected chi connectivity index (χ4v) is 6.39. The third-order valence-corrected chi connectivity index (χ3v) is 10.2. The van der Waals surface area contributed by atoms with Crippen LogP contribution < -0.4 is 15.6 Å². The van der Waals surface area contributed by atoms with E-state index in [0.29, 0.717) is 0 Å². The molecule has 0 N–H and O–H groups in total. The quantitative estimate of drug-likeness (QED) is 0.390. The van der Waals surface area contributed by atoms with E-state index in [-0.39, 0.29) is 0 Å². The summed E-state index contributed by atoms with van der Waals surface area (Å²) in [6, 6.07) is 32.5. The van der Waals surface area contributed by atoms with Crippen LogP contribution in [-0.2, 0) is 0 Å². The molecule has 162 valence electrons. The molecule has 0 nitrogen and oxygen atoms in total. The molecule has 0 aromatic heterocycles. The lowest BCUT2D eigenvalue weighted by molar-refractivity contribution is 1.67. The van der Waals surface area contributed by atoms with E-state index < -0.39 is 24.2 Å². The molecule has 30 heavy (non-hydrogen) atoms. The summed E-state index contributed by atoms with van der Waals surface area (Å²) in [6.07, 6.45) is 0. The molecule has 0 aliphatic carbocycles. The highest BCUT2D eigenvalue weighted by Gasteiger charge is 2.24. The van der Waals surface area contributed by atoms with E-state index in [1.165, 1.54) is 15.6 Å². The van der Waals surface area contributed by atoms with Crippen LogP contribution in [0, 0.1) is 0 Å². The van der Waals surface area contributed by atoms with Gasteiger partial charge < -0.3 is 0 Å². The summed E-state index contributed by atoms with van der Waals surface area (Å²) in [5, 5.41) is 4.53. The maximum Gasteiger partial charge on any atom is 0.112 e. The minimum atomic E-state index is -1.46. The molecule has 0 bridgehead atoms. The van der Waals surface area contributed by atoms with Crippen molar-refractivity contribution in [2.45, 2.75) is 58.9 Å². The topological polar surface area (TPSA) is 0 Å². The number of benzene rings is 3. The first kappa shape index (κ1) is 26.3. The molecule has 3 rings (SSSR count). The van der Waals surface area contributed by atoms with Gasteiger partial charge in [-0.25, -0.2) is 0 Å². The lowest BCUT2D eigenvalue weighted by Crippen LogP contribution is -2.52. The van der Waals surface area contributed by atoms with Crippen molar-refractivity contribution in [1.29, 1.82) is 0 Å². The van der Waals surface area contributed by atoms with Gasteiger partial charge in [-0.15, -0.1) is 0 Å². The molecule has 0 saturated heterocycles. The predicted molar refractivity (Wildman–Crippen MR) is 148 cm³/mol. The van der Waals surface area contributed by atoms with E-state index in [1.54, 1.807) is 0 Å². The Morgan fingerprint density at radius 3 is 0.800 bits per heavy atom. The second kappa shape index (κ2) is 11.6. The third kappa shape index (κ3) is 10.4. The van der Waals surface area contributed by atoms with Gasteiger partial charge in [-0.3, -0.25) is 0 Å². The van der Waals surface area contributed by atoms with Gasteiger partial charge in [-0.05, 0) is 0 Å². The Morgan fingerprint density at radius 2 is 0.600 bits per heavy atom. The summed E-state index contributed by atoms with van der Waals surface area (Å²) in [6.45, 7) is 21.2. The van der Waals surface area contributed by atoms with Gasteiger partial charge in [0.05, 0.1) is 8.07 Å². The largest absolute Gasteiger partial charge is 0.112 e. The maximum atomic E-state index is 2.40. The molecule has 0 saturated carbocycles. The van der Waals surface area contributed by atoms with Gasteiger partial charge in [-0.1, -0.05) is 165 Å². The van der Waals surface area contributed by atoms with E-state index in [4.69, 9.17) is 0 Å². The average Bonchev–Trinajstić information content (AvgIpc) is 2.69. The SMILES string of the molecule is C[Si](C)(C)C.C[Si](C)(C)c1ccccc1.C[Si](C)(c1ccccc1)c1ccccc1. The Balaban J connectivity index is 0.000000259. The Bertz CT molecular complexity index is 781. The van der Waals surface area contributed by atoms with Crippen LogP contribution in [0.25, 0.3) is 0 Å². The highest BCUT2D eigenvalue weighted by molar-refractivity contribution is 7.00. The summed E-state index contributed by atoms with van der Waals surface area (Å²) in [5.74, 6) is 0. The zero-order valence-electron chi connectivity index (χ0n) is 20.7. The van der Waals surface area contributed by atoms with Gasteiger partial charge in [0, 0.05) is 8.07 Å². The number of rotatable bonds is 3. The van der Waals surface area contributed by atoms with E-state index in [2.05, 4.69) is 150 Å². The van der Waals surface area contributed by atoms with Crippen molar-refractivity contribution in [2.24, 2.45) is 0 Å². The van der Waals surface area contributed by atoms with E-state index in [1.807, 2.05) is 0 Å². The van der Waals surface area contributed by atoms with Crippen molar-refractivity contribution >= 4 is 39.8 Å². The lowest BCUT2D eigenvalue weighted by Gasteiger charge is -2.23. The first-order valence-electron chi connectivity index (χ1n) is 11.0. The maximum absolute atomic E-state index is 2.40. The highest BCUT2D eigenvalue weighted by Crippen LogP contribution is 2.04. The molecule has 0 atom stereocenters. The zero-order valence-corrected chi connectivity index (χ0v) is 23.7. The zero-order chi connectivity index (χ0) is 22.8. The second-order valence-corrected chi connectivity index (χ2v) is 26.5. The fourth-order valence-electron chi connectivity index (χ4n) is 2.81. The molecule has 3 aromatic carbocycles. The van der Waals surface area contributed by atoms with Crippen molar-refractivity contribution in [1.82, 2.24) is 0 Å². The van der Waals surface area contributed by atoms with Crippen molar-refractivity contribution < 1.29 is 0 Å². The normalized spacial score (nSPS) is 11.5. The molecule has 0 fully saturated rings. The highest BCUT2D eigenvalue weighted by atomic mass is 28.3. The van der Waals surface area contributed by atoms with E-state index in [9.17, 15) is 0 Å². The summed E-state index contributed by atoms with van der Waals surface area (Å²) in [7, 11) is -3.10. The summed E-state index contributed by atoms with van der Waals surface area (Å²) in [5.41, 5.74) is 0. The fraction of sp³-hybridized carbons (Fsp3) is 0.333. The van der Waals surface area contributed by atoms with Crippen LogP contribution in [0.3, 0.4) is 0 Å². The smallest absolute Gasteiger partial charge is 0.0697 e. The van der Waals surface area contributed by atoms with Crippen LogP contribution in [0.5, 0.6) is 0 Å². The lowest BCUT2D eigenvalue weighted by atomic mass is 10.4. The molecule has 3 heteroatoms. The molecule has 0 spiro atoms. The van der Waals surface area contributed by atoms with Gasteiger partial charge in [0.2, 0.25) is 0 Å². The number of hydrogen-bond donors (Lipinski definition) is 0. The average molecular weight is 451 g/mol. The third-order valence-electron chi connectivity index (χ3n) is 4.63. The monoisotopic (exact) mass is 450 g/mol. The standard InChI is InChI=1S/C14H16Si.C9H14Si.C4H12Si/c1-15(2,13-9-5-3-6-10-13)14-11-7-4-8-12-14;1-10(2,3)9-7-5-4-6-8-9;1-5(2,3)4/h3-12H,1-2H3;4-8H,1-3H3;1-4H3.